The van der Waals surface area contributed by atoms with Crippen LogP contribution in [0.3, 0.4) is 0 Å². The fourth-order valence-corrected chi connectivity index (χ4v) is 5.91. The Morgan fingerprint density at radius 3 is 2.44 bits per heavy atom. The van der Waals surface area contributed by atoms with Crippen LogP contribution in [-0.2, 0) is 21.1 Å². The summed E-state index contributed by atoms with van der Waals surface area (Å²) in [6.45, 7) is 0. The zero-order valence-corrected chi connectivity index (χ0v) is 20.0. The number of sulfone groups is 1. The maximum atomic E-state index is 13.2. The van der Waals surface area contributed by atoms with Crippen molar-refractivity contribution in [2.45, 2.75) is 66.9 Å². The van der Waals surface area contributed by atoms with Crippen molar-refractivity contribution in [1.82, 2.24) is 10.3 Å². The number of nitrogens with one attached hydrogen (secondary N) is 2. The number of carbonyl (C=O) groups is 2. The van der Waals surface area contributed by atoms with Crippen molar-refractivity contribution in [2.75, 3.05) is 10.2 Å². The van der Waals surface area contributed by atoms with Crippen LogP contribution in [0.25, 0.3) is 0 Å². The third-order valence-electron chi connectivity index (χ3n) is 7.20. The number of benzene rings is 1. The fourth-order valence-electron chi connectivity index (χ4n) is 5.15. The van der Waals surface area contributed by atoms with Crippen molar-refractivity contribution in [1.29, 1.82) is 0 Å². The van der Waals surface area contributed by atoms with Crippen LogP contribution < -0.4 is 15.5 Å². The Morgan fingerprint density at radius 2 is 1.78 bits per heavy atom. The Kier molecular flexibility index (Phi) is 5.97. The Bertz CT molecular complexity index is 1290. The van der Waals surface area contributed by atoms with Gasteiger partial charge in [-0.25, -0.2) is 23.1 Å². The summed E-state index contributed by atoms with van der Waals surface area (Å²) in [6, 6.07) is 7.07. The Morgan fingerprint density at radius 1 is 1.08 bits per heavy atom. The molecule has 1 saturated heterocycles. The standard InChI is InChI=1S/C24H25F3N4O4S/c25-24(26,27)36(34,35)19-8-6-18(7-9-19)31-21(32)23(30-22(31)33)14-16(23)12-15-10-11-28-20(13-15)29-17-4-2-1-3-5-17/h6-11,13,16-17H,1-5,12,14H2,(H,28,29)(H,30,33). The minimum absolute atomic E-state index is 0.00373. The average molecular weight is 523 g/mol. The number of carbonyl (C=O) groups excluding carboxylic acids is 2. The lowest BCUT2D eigenvalue weighted by Gasteiger charge is -2.23. The third kappa shape index (κ3) is 4.31. The van der Waals surface area contributed by atoms with E-state index in [4.69, 9.17) is 0 Å². The highest BCUT2D eigenvalue weighted by Gasteiger charge is 2.67. The number of rotatable bonds is 6. The molecular formula is C24H25F3N4O4S. The Balaban J connectivity index is 1.27. The molecule has 2 unspecified atom stereocenters. The van der Waals surface area contributed by atoms with Gasteiger partial charge in [0.1, 0.15) is 11.4 Å². The predicted octanol–water partition coefficient (Wildman–Crippen LogP) is 4.18. The van der Waals surface area contributed by atoms with E-state index in [2.05, 4.69) is 15.6 Å². The van der Waals surface area contributed by atoms with Gasteiger partial charge in [-0.1, -0.05) is 19.3 Å². The molecule has 3 aliphatic rings. The number of imide groups is 1. The first-order valence-corrected chi connectivity index (χ1v) is 13.3. The molecule has 2 heterocycles. The molecule has 12 heteroatoms. The molecule has 1 aromatic heterocycles. The van der Waals surface area contributed by atoms with Crippen molar-refractivity contribution < 1.29 is 31.2 Å². The van der Waals surface area contributed by atoms with Crippen LogP contribution in [0.1, 0.15) is 44.1 Å². The number of amides is 3. The summed E-state index contributed by atoms with van der Waals surface area (Å²) in [5, 5.41) is 6.21. The van der Waals surface area contributed by atoms with E-state index in [9.17, 15) is 31.2 Å². The van der Waals surface area contributed by atoms with Gasteiger partial charge < -0.3 is 10.6 Å². The minimum Gasteiger partial charge on any atom is -0.367 e. The molecule has 2 aliphatic carbocycles. The second kappa shape index (κ2) is 8.75. The molecule has 8 nitrogen and oxygen atoms in total. The maximum absolute atomic E-state index is 13.2. The van der Waals surface area contributed by atoms with Crippen LogP contribution in [-0.4, -0.2) is 42.4 Å². The monoisotopic (exact) mass is 522 g/mol. The van der Waals surface area contributed by atoms with E-state index in [1.165, 1.54) is 19.3 Å². The number of anilines is 2. The summed E-state index contributed by atoms with van der Waals surface area (Å²) in [7, 11) is -5.53. The number of hydrogen-bond acceptors (Lipinski definition) is 6. The minimum atomic E-state index is -5.53. The topological polar surface area (TPSA) is 108 Å². The number of aromatic nitrogens is 1. The lowest BCUT2D eigenvalue weighted by molar-refractivity contribution is -0.119. The molecule has 1 aliphatic heterocycles. The van der Waals surface area contributed by atoms with Crippen LogP contribution in [0, 0.1) is 5.92 Å². The number of alkyl halides is 3. The van der Waals surface area contributed by atoms with Gasteiger partial charge in [0.05, 0.1) is 10.6 Å². The van der Waals surface area contributed by atoms with E-state index in [-0.39, 0.29) is 11.6 Å². The molecule has 0 radical (unpaired) electrons. The summed E-state index contributed by atoms with van der Waals surface area (Å²) in [5.41, 5.74) is -5.54. The second-order valence-corrected chi connectivity index (χ2v) is 11.6. The van der Waals surface area contributed by atoms with Crippen molar-refractivity contribution in [3.05, 3.63) is 48.2 Å². The molecule has 2 aromatic rings. The third-order valence-corrected chi connectivity index (χ3v) is 8.70. The first-order valence-electron chi connectivity index (χ1n) is 11.8. The molecule has 2 saturated carbocycles. The summed E-state index contributed by atoms with van der Waals surface area (Å²) in [5.74, 6) is 0.138. The fraction of sp³-hybridized carbons (Fsp3) is 0.458. The van der Waals surface area contributed by atoms with Gasteiger partial charge >= 0.3 is 11.5 Å². The number of nitrogens with zero attached hydrogens (tertiary/aromatic N) is 2. The van der Waals surface area contributed by atoms with Gasteiger partial charge in [-0.2, -0.15) is 13.2 Å². The van der Waals surface area contributed by atoms with E-state index in [0.717, 1.165) is 53.4 Å². The number of pyridine rings is 1. The number of urea groups is 1. The lowest BCUT2D eigenvalue weighted by atomic mass is 9.95. The average Bonchev–Trinajstić information content (AvgIpc) is 3.45. The largest absolute Gasteiger partial charge is 0.501 e. The van der Waals surface area contributed by atoms with Gasteiger partial charge in [-0.3, -0.25) is 4.79 Å². The molecule has 0 bridgehead atoms. The van der Waals surface area contributed by atoms with Gasteiger partial charge in [-0.15, -0.1) is 0 Å². The molecule has 1 spiro atoms. The van der Waals surface area contributed by atoms with Crippen molar-refractivity contribution in [3.63, 3.8) is 0 Å². The predicted molar refractivity (Wildman–Crippen MR) is 125 cm³/mol. The van der Waals surface area contributed by atoms with Crippen molar-refractivity contribution >= 4 is 33.3 Å². The van der Waals surface area contributed by atoms with Gasteiger partial charge in [0, 0.05) is 12.2 Å². The zero-order valence-electron chi connectivity index (χ0n) is 19.2. The van der Waals surface area contributed by atoms with Gasteiger partial charge in [0.15, 0.2) is 0 Å². The summed E-state index contributed by atoms with van der Waals surface area (Å²) >= 11 is 0. The molecule has 1 aromatic carbocycles. The van der Waals surface area contributed by atoms with E-state index in [0.29, 0.717) is 18.9 Å². The summed E-state index contributed by atoms with van der Waals surface area (Å²) in [6.07, 6.45) is 8.56. The van der Waals surface area contributed by atoms with Crippen LogP contribution in [0.5, 0.6) is 0 Å². The second-order valence-electron chi connectivity index (χ2n) is 9.62. The van der Waals surface area contributed by atoms with E-state index < -0.39 is 37.7 Å². The van der Waals surface area contributed by atoms with E-state index in [1.807, 2.05) is 12.1 Å². The molecule has 192 valence electrons. The van der Waals surface area contributed by atoms with Crippen LogP contribution in [0.15, 0.2) is 47.5 Å². The SMILES string of the molecule is O=C1NC2(CC2Cc2ccnc(NC3CCCCC3)c2)C(=O)N1c1ccc(S(=O)(=O)C(F)(F)F)cc1. The molecule has 3 amide bonds. The first kappa shape index (κ1) is 24.5. The zero-order chi connectivity index (χ0) is 25.7. The highest BCUT2D eigenvalue weighted by molar-refractivity contribution is 7.92. The van der Waals surface area contributed by atoms with Crippen LogP contribution in [0.4, 0.5) is 29.5 Å². The summed E-state index contributed by atoms with van der Waals surface area (Å²) in [4.78, 5) is 30.1. The molecule has 5 rings (SSSR count). The highest BCUT2D eigenvalue weighted by atomic mass is 32.2. The Labute approximate surface area is 206 Å². The molecule has 36 heavy (non-hydrogen) atoms. The molecule has 3 fully saturated rings. The van der Waals surface area contributed by atoms with Gasteiger partial charge in [0.25, 0.3) is 15.7 Å². The van der Waals surface area contributed by atoms with Gasteiger partial charge in [-0.05, 0) is 73.6 Å². The first-order chi connectivity index (χ1) is 17.0. The normalized spacial score (nSPS) is 24.8. The molecule has 2 atom stereocenters. The highest BCUT2D eigenvalue weighted by Crippen LogP contribution is 2.50. The number of halogens is 3. The smallest absolute Gasteiger partial charge is 0.367 e. The number of hydrogen-bond donors (Lipinski definition) is 2. The molecule has 2 N–H and O–H groups in total. The summed E-state index contributed by atoms with van der Waals surface area (Å²) < 4.78 is 61.6. The maximum Gasteiger partial charge on any atom is 0.501 e. The molecular weight excluding hydrogens is 497 g/mol. The Hall–Kier alpha value is -3.15. The van der Waals surface area contributed by atoms with Crippen molar-refractivity contribution in [3.8, 4) is 0 Å². The van der Waals surface area contributed by atoms with Crippen LogP contribution in [0.2, 0.25) is 0 Å². The lowest BCUT2D eigenvalue weighted by Crippen LogP contribution is -2.35. The van der Waals surface area contributed by atoms with Crippen molar-refractivity contribution in [2.24, 2.45) is 5.92 Å². The van der Waals surface area contributed by atoms with Crippen LogP contribution >= 0.6 is 0 Å². The van der Waals surface area contributed by atoms with E-state index >= 15 is 0 Å². The van der Waals surface area contributed by atoms with E-state index in [1.54, 1.807) is 6.20 Å². The van der Waals surface area contributed by atoms with Gasteiger partial charge in [0.2, 0.25) is 0 Å². The quantitative estimate of drug-likeness (QED) is 0.551.